The summed E-state index contributed by atoms with van der Waals surface area (Å²) < 4.78 is 5.91. The first-order chi connectivity index (χ1) is 9.56. The third kappa shape index (κ3) is 2.59. The highest BCUT2D eigenvalue weighted by Crippen LogP contribution is 2.41. The van der Waals surface area contributed by atoms with Crippen LogP contribution < -0.4 is 0 Å². The molecule has 0 aromatic carbocycles. The largest absolute Gasteiger partial charge is 0.481 e. The number of fused-ring (bicyclic) bond motifs is 2. The van der Waals surface area contributed by atoms with Gasteiger partial charge in [-0.1, -0.05) is 0 Å². The average molecular weight is 282 g/mol. The van der Waals surface area contributed by atoms with Crippen molar-refractivity contribution >= 4 is 5.97 Å². The van der Waals surface area contributed by atoms with Crippen LogP contribution in [-0.4, -0.2) is 71.3 Å². The highest BCUT2D eigenvalue weighted by Gasteiger charge is 2.49. The van der Waals surface area contributed by atoms with Crippen molar-refractivity contribution in [1.82, 2.24) is 9.80 Å². The second kappa shape index (κ2) is 5.62. The van der Waals surface area contributed by atoms with E-state index in [1.165, 1.54) is 0 Å². The van der Waals surface area contributed by atoms with Gasteiger partial charge in [-0.3, -0.25) is 14.6 Å². The minimum atomic E-state index is -0.615. The monoisotopic (exact) mass is 282 g/mol. The van der Waals surface area contributed by atoms with Crippen LogP contribution in [0.25, 0.3) is 0 Å². The Morgan fingerprint density at radius 2 is 2.20 bits per heavy atom. The van der Waals surface area contributed by atoms with E-state index in [0.717, 1.165) is 45.5 Å². The molecule has 3 fully saturated rings. The third-order valence-corrected chi connectivity index (χ3v) is 5.31. The van der Waals surface area contributed by atoms with E-state index in [-0.39, 0.29) is 18.1 Å². The topological polar surface area (TPSA) is 53.0 Å². The van der Waals surface area contributed by atoms with Crippen LogP contribution in [0.4, 0.5) is 0 Å². The van der Waals surface area contributed by atoms with Crippen LogP contribution >= 0.6 is 0 Å². The summed E-state index contributed by atoms with van der Waals surface area (Å²) in [7, 11) is 0. The molecule has 4 unspecified atom stereocenters. The highest BCUT2D eigenvalue weighted by atomic mass is 16.5. The zero-order chi connectivity index (χ0) is 14.3. The Balaban J connectivity index is 1.60. The maximum Gasteiger partial charge on any atom is 0.308 e. The summed E-state index contributed by atoms with van der Waals surface area (Å²) in [6.07, 6.45) is 3.28. The van der Waals surface area contributed by atoms with Crippen molar-refractivity contribution < 1.29 is 14.6 Å². The smallest absolute Gasteiger partial charge is 0.308 e. The lowest BCUT2D eigenvalue weighted by molar-refractivity contribution is -0.142. The molecule has 5 nitrogen and oxygen atoms in total. The number of morpholine rings is 1. The first-order valence-electron chi connectivity index (χ1n) is 7.90. The summed E-state index contributed by atoms with van der Waals surface area (Å²) in [5.74, 6) is -0.769. The molecule has 4 atom stereocenters. The van der Waals surface area contributed by atoms with E-state index in [4.69, 9.17) is 4.74 Å². The van der Waals surface area contributed by atoms with Gasteiger partial charge in [0, 0.05) is 37.8 Å². The molecule has 0 spiro atoms. The number of hydrogen-bond acceptors (Lipinski definition) is 4. The van der Waals surface area contributed by atoms with Crippen LogP contribution in [0.2, 0.25) is 0 Å². The molecular formula is C15H26N2O3. The zero-order valence-corrected chi connectivity index (χ0v) is 12.5. The number of carbonyl (C=O) groups is 1. The summed E-state index contributed by atoms with van der Waals surface area (Å²) in [5, 5.41) is 9.31. The molecule has 3 aliphatic rings. The minimum Gasteiger partial charge on any atom is -0.481 e. The van der Waals surface area contributed by atoms with E-state index < -0.39 is 5.97 Å². The lowest BCUT2D eigenvalue weighted by atomic mass is 9.89. The Bertz CT molecular complexity index is 374. The molecule has 3 heterocycles. The molecule has 114 valence electrons. The summed E-state index contributed by atoms with van der Waals surface area (Å²) in [6.45, 7) is 8.14. The van der Waals surface area contributed by atoms with Crippen molar-refractivity contribution in [2.45, 2.75) is 57.3 Å². The number of ether oxygens (including phenoxy) is 1. The van der Waals surface area contributed by atoms with Crippen LogP contribution in [0.3, 0.4) is 0 Å². The van der Waals surface area contributed by atoms with Crippen molar-refractivity contribution in [1.29, 1.82) is 0 Å². The molecule has 0 aromatic rings. The maximum absolute atomic E-state index is 11.3. The van der Waals surface area contributed by atoms with Crippen molar-refractivity contribution in [3.63, 3.8) is 0 Å². The lowest BCUT2D eigenvalue weighted by Crippen LogP contribution is -2.50. The average Bonchev–Trinajstić information content (AvgIpc) is 2.96. The molecule has 1 N–H and O–H groups in total. The van der Waals surface area contributed by atoms with Gasteiger partial charge in [-0.15, -0.1) is 0 Å². The van der Waals surface area contributed by atoms with E-state index in [1.807, 2.05) is 0 Å². The summed E-state index contributed by atoms with van der Waals surface area (Å²) >= 11 is 0. The van der Waals surface area contributed by atoms with Crippen LogP contribution in [0.5, 0.6) is 0 Å². The Hall–Kier alpha value is -0.650. The van der Waals surface area contributed by atoms with Crippen molar-refractivity contribution in [2.24, 2.45) is 5.92 Å². The van der Waals surface area contributed by atoms with Gasteiger partial charge in [0.1, 0.15) is 0 Å². The fourth-order valence-electron chi connectivity index (χ4n) is 4.21. The number of carboxylic acids is 1. The molecule has 0 saturated carbocycles. The number of nitrogens with zero attached hydrogens (tertiary/aromatic N) is 2. The Morgan fingerprint density at radius 3 is 2.85 bits per heavy atom. The molecule has 0 amide bonds. The number of hydrogen-bond donors (Lipinski definition) is 1. The molecule has 3 saturated heterocycles. The van der Waals surface area contributed by atoms with Gasteiger partial charge >= 0.3 is 5.97 Å². The second-order valence-electron chi connectivity index (χ2n) is 6.76. The fraction of sp³-hybridized carbons (Fsp3) is 0.933. The van der Waals surface area contributed by atoms with Gasteiger partial charge in [-0.25, -0.2) is 0 Å². The predicted molar refractivity (Wildman–Crippen MR) is 75.7 cm³/mol. The third-order valence-electron chi connectivity index (χ3n) is 5.31. The van der Waals surface area contributed by atoms with Crippen molar-refractivity contribution in [3.05, 3.63) is 0 Å². The Kier molecular flexibility index (Phi) is 4.02. The normalized spacial score (nSPS) is 38.8. The molecule has 0 aromatic heterocycles. The van der Waals surface area contributed by atoms with Gasteiger partial charge in [0.25, 0.3) is 0 Å². The maximum atomic E-state index is 11.3. The molecule has 0 radical (unpaired) electrons. The molecule has 2 bridgehead atoms. The van der Waals surface area contributed by atoms with Gasteiger partial charge in [0.15, 0.2) is 0 Å². The Labute approximate surface area is 120 Å². The molecule has 5 heteroatoms. The van der Waals surface area contributed by atoms with Gasteiger partial charge in [0.2, 0.25) is 0 Å². The molecular weight excluding hydrogens is 256 g/mol. The first kappa shape index (κ1) is 14.3. The van der Waals surface area contributed by atoms with Crippen molar-refractivity contribution in [3.8, 4) is 0 Å². The van der Waals surface area contributed by atoms with Crippen LogP contribution in [0.15, 0.2) is 0 Å². The zero-order valence-electron chi connectivity index (χ0n) is 12.5. The SMILES string of the molecule is CC(C)N1CCOC(CN2C3CCC2C(C(=O)O)C3)C1. The standard InChI is InChI=1S/C15H26N2O3/c1-10(2)16-5-6-20-12(8-16)9-17-11-3-4-14(17)13(7-11)15(18)19/h10-14H,3-9H2,1-2H3,(H,18,19). The highest BCUT2D eigenvalue weighted by molar-refractivity contribution is 5.71. The molecule has 0 aliphatic carbocycles. The summed E-state index contributed by atoms with van der Waals surface area (Å²) in [4.78, 5) is 16.2. The van der Waals surface area contributed by atoms with Crippen LogP contribution in [-0.2, 0) is 9.53 Å². The fourth-order valence-corrected chi connectivity index (χ4v) is 4.21. The predicted octanol–water partition coefficient (Wildman–Crippen LogP) is 1.03. The van der Waals surface area contributed by atoms with E-state index in [0.29, 0.717) is 12.1 Å². The summed E-state index contributed by atoms with van der Waals surface area (Å²) in [5.41, 5.74) is 0. The van der Waals surface area contributed by atoms with Gasteiger partial charge in [0.05, 0.1) is 18.6 Å². The van der Waals surface area contributed by atoms with Gasteiger partial charge in [-0.2, -0.15) is 0 Å². The van der Waals surface area contributed by atoms with E-state index in [1.54, 1.807) is 0 Å². The Morgan fingerprint density at radius 1 is 1.40 bits per heavy atom. The van der Waals surface area contributed by atoms with Gasteiger partial charge < -0.3 is 9.84 Å². The summed E-state index contributed by atoms with van der Waals surface area (Å²) in [6, 6.07) is 1.28. The van der Waals surface area contributed by atoms with E-state index in [9.17, 15) is 9.90 Å². The second-order valence-corrected chi connectivity index (χ2v) is 6.76. The van der Waals surface area contributed by atoms with Gasteiger partial charge in [-0.05, 0) is 33.1 Å². The van der Waals surface area contributed by atoms with Crippen LogP contribution in [0.1, 0.15) is 33.1 Å². The van der Waals surface area contributed by atoms with E-state index >= 15 is 0 Å². The number of aliphatic carboxylic acids is 1. The van der Waals surface area contributed by atoms with Crippen molar-refractivity contribution in [2.75, 3.05) is 26.2 Å². The molecule has 3 rings (SSSR count). The van der Waals surface area contributed by atoms with E-state index in [2.05, 4.69) is 23.6 Å². The quantitative estimate of drug-likeness (QED) is 0.835. The molecule has 3 aliphatic heterocycles. The number of rotatable bonds is 4. The molecule has 20 heavy (non-hydrogen) atoms. The lowest BCUT2D eigenvalue weighted by Gasteiger charge is -2.38. The van der Waals surface area contributed by atoms with Crippen LogP contribution in [0, 0.1) is 5.92 Å². The number of carboxylic acid groups (broad SMARTS) is 1. The minimum absolute atomic E-state index is 0.154. The first-order valence-corrected chi connectivity index (χ1v) is 7.90.